The zero-order chi connectivity index (χ0) is 29.5. The van der Waals surface area contributed by atoms with E-state index in [1.807, 2.05) is 31.2 Å². The summed E-state index contributed by atoms with van der Waals surface area (Å²) in [5, 5.41) is 25.7. The Balaban J connectivity index is 1.49. The molecule has 1 aromatic heterocycles. The largest absolute Gasteiger partial charge is 0.496 e. The molecule has 0 saturated heterocycles. The number of benzene rings is 3. The van der Waals surface area contributed by atoms with Gasteiger partial charge < -0.3 is 24.9 Å². The highest BCUT2D eigenvalue weighted by atomic mass is 35.5. The number of aliphatic hydroxyl groups is 1. The summed E-state index contributed by atoms with van der Waals surface area (Å²) in [6.45, 7) is 6.28. The Morgan fingerprint density at radius 2 is 1.85 bits per heavy atom. The van der Waals surface area contributed by atoms with E-state index in [2.05, 4.69) is 54.8 Å². The van der Waals surface area contributed by atoms with Crippen LogP contribution in [0, 0.1) is 25.2 Å². The van der Waals surface area contributed by atoms with E-state index in [0.29, 0.717) is 35.6 Å². The molecule has 3 N–H and O–H groups in total. The molecule has 0 saturated carbocycles. The fourth-order valence-corrected chi connectivity index (χ4v) is 4.86. The molecule has 41 heavy (non-hydrogen) atoms. The number of carbonyl (C=O) groups is 1. The number of halogens is 1. The lowest BCUT2D eigenvalue weighted by atomic mass is 10.0. The zero-order valence-electron chi connectivity index (χ0n) is 23.6. The fourth-order valence-electron chi connectivity index (χ4n) is 4.62. The lowest BCUT2D eigenvalue weighted by Gasteiger charge is -2.18. The Labute approximate surface area is 245 Å². The Morgan fingerprint density at radius 3 is 2.51 bits per heavy atom. The Kier molecular flexibility index (Phi) is 9.85. The van der Waals surface area contributed by atoms with E-state index in [1.54, 1.807) is 18.2 Å². The van der Waals surface area contributed by atoms with Crippen LogP contribution < -0.4 is 15.4 Å². The topological polar surface area (TPSA) is 108 Å². The first-order valence-corrected chi connectivity index (χ1v) is 13.8. The maximum Gasteiger partial charge on any atom is 0.253 e. The van der Waals surface area contributed by atoms with Crippen LogP contribution in [0.15, 0.2) is 71.1 Å². The first-order valence-electron chi connectivity index (χ1n) is 13.4. The van der Waals surface area contributed by atoms with E-state index < -0.39 is 11.9 Å². The molecule has 2 atom stereocenters. The number of hydrogen-bond donors (Lipinski definition) is 3. The molecular formula is C33H34ClN3O4. The summed E-state index contributed by atoms with van der Waals surface area (Å²) in [5.74, 6) is 1.32. The second-order valence-corrected chi connectivity index (χ2v) is 10.5. The van der Waals surface area contributed by atoms with E-state index in [1.165, 1.54) is 18.2 Å². The second-order valence-electron chi connectivity index (χ2n) is 10.1. The average molecular weight is 572 g/mol. The highest BCUT2D eigenvalue weighted by Crippen LogP contribution is 2.36. The lowest BCUT2D eigenvalue weighted by Crippen LogP contribution is -2.39. The molecule has 4 aromatic rings. The van der Waals surface area contributed by atoms with Crippen LogP contribution in [0.5, 0.6) is 5.75 Å². The number of nitrogens with zero attached hydrogens (tertiary/aromatic N) is 1. The van der Waals surface area contributed by atoms with Crippen molar-refractivity contribution >= 4 is 17.5 Å². The summed E-state index contributed by atoms with van der Waals surface area (Å²) >= 11 is 6.49. The van der Waals surface area contributed by atoms with Crippen LogP contribution in [-0.2, 0) is 13.0 Å². The molecule has 7 nitrogen and oxygen atoms in total. The number of carbonyl (C=O) groups excluding carboxylic acids is 1. The van der Waals surface area contributed by atoms with E-state index in [9.17, 15) is 15.2 Å². The van der Waals surface area contributed by atoms with Crippen molar-refractivity contribution in [2.75, 3.05) is 13.7 Å². The van der Waals surface area contributed by atoms with Crippen LogP contribution in [0.1, 0.15) is 56.9 Å². The van der Waals surface area contributed by atoms with Gasteiger partial charge in [-0.25, -0.2) is 0 Å². The van der Waals surface area contributed by atoms with Crippen LogP contribution in [-0.4, -0.2) is 30.8 Å². The molecule has 0 spiro atoms. The number of aliphatic hydroxyl groups excluding tert-OH is 1. The first-order chi connectivity index (χ1) is 19.7. The van der Waals surface area contributed by atoms with Crippen LogP contribution in [0.25, 0.3) is 11.3 Å². The second kappa shape index (κ2) is 13.5. The molecule has 1 heterocycles. The Bertz CT molecular complexity index is 1560. The van der Waals surface area contributed by atoms with Crippen LogP contribution >= 0.6 is 11.6 Å². The van der Waals surface area contributed by atoms with Gasteiger partial charge in [0.15, 0.2) is 0 Å². The normalized spacial score (nSPS) is 12.4. The lowest BCUT2D eigenvalue weighted by molar-refractivity contribution is 0.0916. The number of furan rings is 1. The van der Waals surface area contributed by atoms with Crippen molar-refractivity contribution in [1.29, 1.82) is 5.26 Å². The summed E-state index contributed by atoms with van der Waals surface area (Å²) in [7, 11) is 1.53. The molecular weight excluding hydrogens is 538 g/mol. The molecule has 0 radical (unpaired) electrons. The molecule has 1 amide bonds. The SMILES string of the molecule is COc1cc(Cl)c(C(=O)N[C@@H](CO)Cc2ccc(C#N)c(C)c2)cc1-c1ccc(CN[C@H](C)c2ccc(C)cc2)o1. The van der Waals surface area contributed by atoms with Gasteiger partial charge in [-0.15, -0.1) is 0 Å². The van der Waals surface area contributed by atoms with Crippen molar-refractivity contribution in [2.24, 2.45) is 0 Å². The van der Waals surface area contributed by atoms with Crippen molar-refractivity contribution in [3.05, 3.63) is 111 Å². The molecule has 0 unspecified atom stereocenters. The third-order valence-electron chi connectivity index (χ3n) is 7.07. The van der Waals surface area contributed by atoms with Gasteiger partial charge in [0.25, 0.3) is 5.91 Å². The minimum absolute atomic E-state index is 0.136. The van der Waals surface area contributed by atoms with Crippen molar-refractivity contribution in [2.45, 2.75) is 45.8 Å². The first kappa shape index (κ1) is 29.9. The molecule has 0 aliphatic heterocycles. The minimum Gasteiger partial charge on any atom is -0.496 e. The number of aryl methyl sites for hydroxylation is 2. The predicted molar refractivity (Wildman–Crippen MR) is 160 cm³/mol. The molecule has 0 bridgehead atoms. The van der Waals surface area contributed by atoms with Gasteiger partial charge in [0.2, 0.25) is 0 Å². The Hall–Kier alpha value is -4.09. The third-order valence-corrected chi connectivity index (χ3v) is 7.38. The molecule has 4 rings (SSSR count). The van der Waals surface area contributed by atoms with E-state index >= 15 is 0 Å². The van der Waals surface area contributed by atoms with Crippen LogP contribution in [0.4, 0.5) is 0 Å². The summed E-state index contributed by atoms with van der Waals surface area (Å²) in [6.07, 6.45) is 0.394. The standard InChI is InChI=1S/C33H34ClN3O4/c1-20-5-8-24(9-6-20)22(3)36-18-27-11-12-31(41-27)29-15-28(30(34)16-32(29)40-4)33(39)37-26(19-38)14-23-7-10-25(17-35)21(2)13-23/h5-13,15-16,22,26,36,38H,14,18-19H2,1-4H3,(H,37,39)/t22-,26-/m1/s1. The number of nitrogens with one attached hydrogen (secondary N) is 2. The van der Waals surface area contributed by atoms with Gasteiger partial charge in [0, 0.05) is 12.1 Å². The number of rotatable bonds is 11. The van der Waals surface area contributed by atoms with Gasteiger partial charge in [-0.2, -0.15) is 5.26 Å². The maximum absolute atomic E-state index is 13.3. The maximum atomic E-state index is 13.3. The number of nitriles is 1. The molecule has 0 fully saturated rings. The smallest absolute Gasteiger partial charge is 0.253 e. The van der Waals surface area contributed by atoms with Crippen molar-refractivity contribution in [3.63, 3.8) is 0 Å². The molecule has 8 heteroatoms. The quantitative estimate of drug-likeness (QED) is 0.195. The van der Waals surface area contributed by atoms with E-state index in [0.717, 1.165) is 16.9 Å². The van der Waals surface area contributed by atoms with Gasteiger partial charge in [0.1, 0.15) is 17.3 Å². The van der Waals surface area contributed by atoms with Crippen LogP contribution in [0.3, 0.4) is 0 Å². The molecule has 212 valence electrons. The number of hydrogen-bond acceptors (Lipinski definition) is 6. The van der Waals surface area contributed by atoms with Gasteiger partial charge >= 0.3 is 0 Å². The summed E-state index contributed by atoms with van der Waals surface area (Å²) < 4.78 is 11.7. The number of amides is 1. The van der Waals surface area contributed by atoms with Gasteiger partial charge in [-0.05, 0) is 68.1 Å². The number of ether oxygens (including phenoxy) is 1. The molecule has 0 aliphatic carbocycles. The van der Waals surface area contributed by atoms with Crippen molar-refractivity contribution in [1.82, 2.24) is 10.6 Å². The summed E-state index contributed by atoms with van der Waals surface area (Å²) in [5.41, 5.74) is 5.56. The summed E-state index contributed by atoms with van der Waals surface area (Å²) in [6, 6.07) is 22.5. The summed E-state index contributed by atoms with van der Waals surface area (Å²) in [4.78, 5) is 13.3. The zero-order valence-corrected chi connectivity index (χ0v) is 24.4. The van der Waals surface area contributed by atoms with Gasteiger partial charge in [0.05, 0.1) is 54.1 Å². The molecule has 0 aliphatic rings. The number of methoxy groups -OCH3 is 1. The van der Waals surface area contributed by atoms with Gasteiger partial charge in [-0.3, -0.25) is 4.79 Å². The van der Waals surface area contributed by atoms with Gasteiger partial charge in [-0.1, -0.05) is 53.6 Å². The van der Waals surface area contributed by atoms with E-state index in [-0.39, 0.29) is 23.2 Å². The fraction of sp³-hybridized carbons (Fsp3) is 0.273. The highest BCUT2D eigenvalue weighted by molar-refractivity contribution is 6.34. The van der Waals surface area contributed by atoms with E-state index in [4.69, 9.17) is 20.8 Å². The van der Waals surface area contributed by atoms with Crippen LogP contribution in [0.2, 0.25) is 5.02 Å². The van der Waals surface area contributed by atoms with Crippen molar-refractivity contribution < 1.29 is 19.1 Å². The minimum atomic E-state index is -0.548. The van der Waals surface area contributed by atoms with Crippen molar-refractivity contribution in [3.8, 4) is 23.1 Å². The average Bonchev–Trinajstić information content (AvgIpc) is 3.44. The molecule has 3 aromatic carbocycles. The third kappa shape index (κ3) is 7.36. The monoisotopic (exact) mass is 571 g/mol. The Morgan fingerprint density at radius 1 is 1.10 bits per heavy atom. The highest BCUT2D eigenvalue weighted by Gasteiger charge is 2.21. The predicted octanol–water partition coefficient (Wildman–Crippen LogP) is 6.28.